The summed E-state index contributed by atoms with van der Waals surface area (Å²) in [6.45, 7) is 6.43. The number of carbonyl (C=O) groups is 3. The monoisotopic (exact) mass is 985 g/mol. The topological polar surface area (TPSA) is 78.9 Å². The molecule has 0 aromatic heterocycles. The van der Waals surface area contributed by atoms with Gasteiger partial charge in [-0.1, -0.05) is 252 Å². The number of esters is 3. The van der Waals surface area contributed by atoms with E-state index in [0.29, 0.717) is 19.3 Å². The molecule has 0 aliphatic carbocycles. The third-order valence-corrected chi connectivity index (χ3v) is 12.2. The van der Waals surface area contributed by atoms with Crippen LogP contribution in [0.25, 0.3) is 0 Å². The Labute approximate surface area is 438 Å². The fraction of sp³-hybridized carbons (Fsp3) is 0.677. The van der Waals surface area contributed by atoms with Crippen LogP contribution in [-0.2, 0) is 28.6 Å². The van der Waals surface area contributed by atoms with Crippen molar-refractivity contribution in [2.45, 2.75) is 271 Å². The molecular formula is C65H108O6. The number of carbonyl (C=O) groups excluding carboxylic acids is 3. The zero-order valence-corrected chi connectivity index (χ0v) is 46.2. The quantitative estimate of drug-likeness (QED) is 0.0261. The van der Waals surface area contributed by atoms with E-state index in [2.05, 4.69) is 130 Å². The summed E-state index contributed by atoms with van der Waals surface area (Å²) in [6.07, 6.45) is 79.4. The molecule has 0 amide bonds. The summed E-state index contributed by atoms with van der Waals surface area (Å²) >= 11 is 0. The summed E-state index contributed by atoms with van der Waals surface area (Å²) in [5.74, 6) is -0.912. The van der Waals surface area contributed by atoms with Gasteiger partial charge in [0, 0.05) is 19.3 Å². The van der Waals surface area contributed by atoms with Crippen molar-refractivity contribution in [3.8, 4) is 0 Å². The highest BCUT2D eigenvalue weighted by Crippen LogP contribution is 2.15. The fourth-order valence-electron chi connectivity index (χ4n) is 7.87. The van der Waals surface area contributed by atoms with Crippen molar-refractivity contribution in [2.24, 2.45) is 0 Å². The van der Waals surface area contributed by atoms with Crippen LogP contribution in [0.5, 0.6) is 0 Å². The highest BCUT2D eigenvalue weighted by Gasteiger charge is 2.19. The molecule has 0 rings (SSSR count). The van der Waals surface area contributed by atoms with Gasteiger partial charge in [-0.2, -0.15) is 0 Å². The van der Waals surface area contributed by atoms with Crippen LogP contribution in [-0.4, -0.2) is 37.2 Å². The number of ether oxygens (including phenoxy) is 3. The van der Waals surface area contributed by atoms with Gasteiger partial charge in [0.25, 0.3) is 0 Å². The Balaban J connectivity index is 4.27. The van der Waals surface area contributed by atoms with E-state index in [1.165, 1.54) is 83.5 Å². The first-order valence-electron chi connectivity index (χ1n) is 29.4. The average molecular weight is 986 g/mol. The van der Waals surface area contributed by atoms with Crippen LogP contribution < -0.4 is 0 Å². The first kappa shape index (κ1) is 67.1. The number of unbranched alkanes of at least 4 members (excludes halogenated alkanes) is 23. The van der Waals surface area contributed by atoms with E-state index in [0.717, 1.165) is 141 Å². The molecule has 71 heavy (non-hydrogen) atoms. The minimum Gasteiger partial charge on any atom is -0.462 e. The molecule has 404 valence electrons. The van der Waals surface area contributed by atoms with Gasteiger partial charge in [-0.05, 0) is 103 Å². The molecule has 0 saturated carbocycles. The van der Waals surface area contributed by atoms with E-state index in [1.54, 1.807) is 0 Å². The van der Waals surface area contributed by atoms with Crippen molar-refractivity contribution < 1.29 is 28.6 Å². The van der Waals surface area contributed by atoms with E-state index < -0.39 is 6.10 Å². The number of rotatable bonds is 52. The van der Waals surface area contributed by atoms with Gasteiger partial charge in [0.1, 0.15) is 13.2 Å². The van der Waals surface area contributed by atoms with Crippen LogP contribution >= 0.6 is 0 Å². The third-order valence-electron chi connectivity index (χ3n) is 12.2. The van der Waals surface area contributed by atoms with Gasteiger partial charge < -0.3 is 14.2 Å². The summed E-state index contributed by atoms with van der Waals surface area (Å²) in [5, 5.41) is 0. The lowest BCUT2D eigenvalue weighted by Crippen LogP contribution is -2.30. The molecule has 0 saturated heterocycles. The normalized spacial score (nSPS) is 12.9. The highest BCUT2D eigenvalue weighted by molar-refractivity contribution is 5.71. The van der Waals surface area contributed by atoms with Gasteiger partial charge in [-0.25, -0.2) is 0 Å². The molecule has 0 spiro atoms. The van der Waals surface area contributed by atoms with Crippen molar-refractivity contribution in [2.75, 3.05) is 13.2 Å². The van der Waals surface area contributed by atoms with Crippen LogP contribution in [0, 0.1) is 0 Å². The summed E-state index contributed by atoms with van der Waals surface area (Å²) < 4.78 is 16.8. The summed E-state index contributed by atoms with van der Waals surface area (Å²) in [5.41, 5.74) is 0. The molecular weight excluding hydrogens is 877 g/mol. The van der Waals surface area contributed by atoms with Gasteiger partial charge in [0.15, 0.2) is 6.10 Å². The van der Waals surface area contributed by atoms with E-state index in [-0.39, 0.29) is 31.1 Å². The van der Waals surface area contributed by atoms with Crippen LogP contribution in [0.2, 0.25) is 0 Å². The number of hydrogen-bond donors (Lipinski definition) is 0. The molecule has 6 nitrogen and oxygen atoms in total. The maximum Gasteiger partial charge on any atom is 0.306 e. The second-order valence-electron chi connectivity index (χ2n) is 19.2. The molecule has 6 heteroatoms. The number of hydrogen-bond acceptors (Lipinski definition) is 6. The Kier molecular flexibility index (Phi) is 55.4. The largest absolute Gasteiger partial charge is 0.462 e. The van der Waals surface area contributed by atoms with E-state index >= 15 is 0 Å². The Morgan fingerprint density at radius 1 is 0.296 bits per heavy atom. The Morgan fingerprint density at radius 2 is 0.577 bits per heavy atom. The maximum absolute atomic E-state index is 12.8. The van der Waals surface area contributed by atoms with Crippen molar-refractivity contribution in [3.63, 3.8) is 0 Å². The third kappa shape index (κ3) is 56.9. The molecule has 0 N–H and O–H groups in total. The smallest absolute Gasteiger partial charge is 0.306 e. The minimum atomic E-state index is -0.789. The maximum atomic E-state index is 12.8. The lowest BCUT2D eigenvalue weighted by Gasteiger charge is -2.18. The van der Waals surface area contributed by atoms with Crippen molar-refractivity contribution >= 4 is 17.9 Å². The van der Waals surface area contributed by atoms with Crippen LogP contribution in [0.3, 0.4) is 0 Å². The van der Waals surface area contributed by atoms with E-state index in [4.69, 9.17) is 14.2 Å². The predicted octanol–water partition coefficient (Wildman–Crippen LogP) is 19.9. The van der Waals surface area contributed by atoms with Crippen LogP contribution in [0.15, 0.2) is 109 Å². The van der Waals surface area contributed by atoms with Crippen molar-refractivity contribution in [1.82, 2.24) is 0 Å². The molecule has 0 heterocycles. The first-order valence-corrected chi connectivity index (χ1v) is 29.4. The minimum absolute atomic E-state index is 0.0862. The van der Waals surface area contributed by atoms with Crippen LogP contribution in [0.1, 0.15) is 265 Å². The van der Waals surface area contributed by atoms with Crippen molar-refractivity contribution in [1.29, 1.82) is 0 Å². The van der Waals surface area contributed by atoms with Gasteiger partial charge >= 0.3 is 17.9 Å². The summed E-state index contributed by atoms with van der Waals surface area (Å²) in [6, 6.07) is 0. The Hall–Kier alpha value is -3.93. The van der Waals surface area contributed by atoms with Crippen molar-refractivity contribution in [3.05, 3.63) is 109 Å². The Morgan fingerprint density at radius 3 is 0.915 bits per heavy atom. The molecule has 0 aromatic rings. The van der Waals surface area contributed by atoms with Gasteiger partial charge in [0.2, 0.25) is 0 Å². The molecule has 0 radical (unpaired) electrons. The average Bonchev–Trinajstić information content (AvgIpc) is 3.37. The second kappa shape index (κ2) is 58.6. The molecule has 1 unspecified atom stereocenters. The fourth-order valence-corrected chi connectivity index (χ4v) is 7.87. The SMILES string of the molecule is CC/C=C\C/C=C\C/C=C\C/C=C\C/C=C\C/C=C\C/C=C\CCCCCCCCCC(=O)OCC(COC(=O)CCCCCCCCCCCCC)OC(=O)CCCCCCC/C=C\C/C=C\CCC. The molecule has 0 aromatic carbocycles. The van der Waals surface area contributed by atoms with Gasteiger partial charge in [-0.15, -0.1) is 0 Å². The summed E-state index contributed by atoms with van der Waals surface area (Å²) in [4.78, 5) is 38.1. The lowest BCUT2D eigenvalue weighted by molar-refractivity contribution is -0.167. The molecule has 0 aliphatic heterocycles. The standard InChI is InChI=1S/C65H108O6/c1-4-7-10-13-16-19-22-24-25-26-27-28-29-30-31-32-33-34-35-36-37-38-39-41-43-46-49-52-55-58-64(67)70-61-62(60-69-63(66)57-54-51-48-45-42-21-18-15-12-9-6-3)71-65(68)59-56-53-50-47-44-40-23-20-17-14-11-8-5-2/h7,10-11,14,16,19-20,23-25,27-28,30-31,33-34,36-37,62H,4-6,8-9,12-13,15,17-18,21-22,26,29,32,35,38-61H2,1-3H3/b10-7-,14-11-,19-16-,23-20-,25-24-,28-27-,31-30-,34-33-,37-36-. The number of allylic oxidation sites excluding steroid dienone is 18. The van der Waals surface area contributed by atoms with E-state index in [1.807, 2.05) is 0 Å². The van der Waals surface area contributed by atoms with Crippen LogP contribution in [0.4, 0.5) is 0 Å². The highest BCUT2D eigenvalue weighted by atomic mass is 16.6. The Bertz CT molecular complexity index is 1460. The first-order chi connectivity index (χ1) is 35.0. The summed E-state index contributed by atoms with van der Waals surface area (Å²) in [7, 11) is 0. The lowest BCUT2D eigenvalue weighted by atomic mass is 10.1. The predicted molar refractivity (Wildman–Crippen MR) is 307 cm³/mol. The molecule has 0 aliphatic rings. The molecule has 0 bridgehead atoms. The zero-order valence-electron chi connectivity index (χ0n) is 46.2. The molecule has 0 fully saturated rings. The van der Waals surface area contributed by atoms with Gasteiger partial charge in [-0.3, -0.25) is 14.4 Å². The second-order valence-corrected chi connectivity index (χ2v) is 19.2. The molecule has 1 atom stereocenters. The van der Waals surface area contributed by atoms with Gasteiger partial charge in [0.05, 0.1) is 0 Å². The zero-order chi connectivity index (χ0) is 51.4. The van der Waals surface area contributed by atoms with E-state index in [9.17, 15) is 14.4 Å².